The topological polar surface area (TPSA) is 92.0 Å². The highest BCUT2D eigenvalue weighted by atomic mass is 35.5. The van der Waals surface area contributed by atoms with E-state index in [0.717, 1.165) is 11.1 Å². The molecule has 1 aromatic carbocycles. The van der Waals surface area contributed by atoms with E-state index in [1.165, 1.54) is 0 Å². The van der Waals surface area contributed by atoms with Crippen LogP contribution in [0, 0.1) is 10.1 Å². The number of aromatic nitrogens is 1. The van der Waals surface area contributed by atoms with Crippen molar-refractivity contribution in [2.45, 2.75) is 26.5 Å². The van der Waals surface area contributed by atoms with E-state index in [9.17, 15) is 14.9 Å². The lowest BCUT2D eigenvalue weighted by molar-refractivity contribution is -0.433. The van der Waals surface area contributed by atoms with Crippen molar-refractivity contribution in [3.8, 4) is 0 Å². The SMILES string of the molecule is CCN(Cc1ccc(Cl)nc1)C1=C([N+](=O)[O-])CN(CCC(=O)OCc2ccccc2)CN1C. The molecule has 9 nitrogen and oxygen atoms in total. The number of ether oxygens (including phenoxy) is 1. The van der Waals surface area contributed by atoms with E-state index in [1.807, 2.05) is 65.1 Å². The van der Waals surface area contributed by atoms with Crippen molar-refractivity contribution >= 4 is 17.6 Å². The first-order chi connectivity index (χ1) is 15.9. The molecule has 0 saturated carbocycles. The largest absolute Gasteiger partial charge is 0.461 e. The average Bonchev–Trinajstić information content (AvgIpc) is 2.81. The third-order valence-corrected chi connectivity index (χ3v) is 5.57. The van der Waals surface area contributed by atoms with Gasteiger partial charge in [-0.15, -0.1) is 0 Å². The van der Waals surface area contributed by atoms with Gasteiger partial charge < -0.3 is 14.5 Å². The van der Waals surface area contributed by atoms with Crippen LogP contribution in [0.1, 0.15) is 24.5 Å². The number of pyridine rings is 1. The van der Waals surface area contributed by atoms with Crippen LogP contribution in [0.5, 0.6) is 0 Å². The van der Waals surface area contributed by atoms with Crippen LogP contribution in [0.15, 0.2) is 60.2 Å². The Morgan fingerprint density at radius 1 is 1.24 bits per heavy atom. The number of rotatable bonds is 10. The molecule has 0 fully saturated rings. The number of nitro groups is 1. The molecule has 0 spiro atoms. The molecular weight excluding hydrogens is 446 g/mol. The van der Waals surface area contributed by atoms with Crippen molar-refractivity contribution in [1.82, 2.24) is 19.7 Å². The molecular formula is C23H28ClN5O4. The molecule has 0 radical (unpaired) electrons. The van der Waals surface area contributed by atoms with Gasteiger partial charge in [-0.25, -0.2) is 4.98 Å². The number of hydrogen-bond acceptors (Lipinski definition) is 8. The molecule has 0 aliphatic carbocycles. The van der Waals surface area contributed by atoms with E-state index in [2.05, 4.69) is 4.98 Å². The van der Waals surface area contributed by atoms with Gasteiger partial charge in [0.2, 0.25) is 0 Å². The summed E-state index contributed by atoms with van der Waals surface area (Å²) in [5, 5.41) is 12.3. The van der Waals surface area contributed by atoms with Gasteiger partial charge in [-0.3, -0.25) is 19.8 Å². The molecule has 176 valence electrons. The van der Waals surface area contributed by atoms with Crippen LogP contribution in [0.4, 0.5) is 0 Å². The van der Waals surface area contributed by atoms with Crippen LogP contribution < -0.4 is 0 Å². The molecule has 0 amide bonds. The number of esters is 1. The third kappa shape index (κ3) is 6.90. The van der Waals surface area contributed by atoms with Crippen LogP contribution in [0.3, 0.4) is 0 Å². The van der Waals surface area contributed by atoms with E-state index < -0.39 is 0 Å². The minimum Gasteiger partial charge on any atom is -0.461 e. The minimum absolute atomic E-state index is 0.102. The van der Waals surface area contributed by atoms with Gasteiger partial charge in [0.15, 0.2) is 5.82 Å². The first kappa shape index (κ1) is 24.5. The van der Waals surface area contributed by atoms with Gasteiger partial charge >= 0.3 is 5.97 Å². The molecule has 0 unspecified atom stereocenters. The Morgan fingerprint density at radius 2 is 2.00 bits per heavy atom. The highest BCUT2D eigenvalue weighted by molar-refractivity contribution is 6.29. The second-order valence-electron chi connectivity index (χ2n) is 7.82. The molecule has 33 heavy (non-hydrogen) atoms. The van der Waals surface area contributed by atoms with Crippen molar-refractivity contribution in [3.05, 3.63) is 86.6 Å². The Kier molecular flexibility index (Phi) is 8.62. The number of nitrogens with zero attached hydrogens (tertiary/aromatic N) is 5. The van der Waals surface area contributed by atoms with Gasteiger partial charge in [0.05, 0.1) is 24.6 Å². The molecule has 1 aliphatic heterocycles. The first-order valence-corrected chi connectivity index (χ1v) is 11.1. The van der Waals surface area contributed by atoms with Crippen molar-refractivity contribution in [2.75, 3.05) is 33.4 Å². The molecule has 10 heteroatoms. The summed E-state index contributed by atoms with van der Waals surface area (Å²) in [4.78, 5) is 33.5. The highest BCUT2D eigenvalue weighted by Gasteiger charge is 2.33. The maximum absolute atomic E-state index is 12.2. The van der Waals surface area contributed by atoms with Gasteiger partial charge in [-0.1, -0.05) is 48.0 Å². The van der Waals surface area contributed by atoms with E-state index in [1.54, 1.807) is 12.3 Å². The van der Waals surface area contributed by atoms with Gasteiger partial charge in [0.1, 0.15) is 11.8 Å². The summed E-state index contributed by atoms with van der Waals surface area (Å²) in [5.41, 5.74) is 1.93. The first-order valence-electron chi connectivity index (χ1n) is 10.7. The summed E-state index contributed by atoms with van der Waals surface area (Å²) in [6.07, 6.45) is 1.84. The predicted molar refractivity (Wildman–Crippen MR) is 124 cm³/mol. The van der Waals surface area contributed by atoms with Crippen LogP contribution in [0.25, 0.3) is 0 Å². The summed E-state index contributed by atoms with van der Waals surface area (Å²) >= 11 is 5.87. The zero-order chi connectivity index (χ0) is 23.8. The number of carbonyl (C=O) groups excluding carboxylic acids is 1. The molecule has 0 N–H and O–H groups in total. The number of benzene rings is 1. The molecule has 2 heterocycles. The van der Waals surface area contributed by atoms with E-state index in [0.29, 0.717) is 37.3 Å². The zero-order valence-electron chi connectivity index (χ0n) is 18.8. The monoisotopic (exact) mass is 473 g/mol. The molecule has 3 rings (SSSR count). The summed E-state index contributed by atoms with van der Waals surface area (Å²) < 4.78 is 5.32. The summed E-state index contributed by atoms with van der Waals surface area (Å²) in [6.45, 7) is 4.22. The summed E-state index contributed by atoms with van der Waals surface area (Å²) in [6, 6.07) is 13.0. The van der Waals surface area contributed by atoms with Crippen LogP contribution in [-0.2, 0) is 22.7 Å². The number of carbonyl (C=O) groups is 1. The van der Waals surface area contributed by atoms with Gasteiger partial charge in [-0.2, -0.15) is 0 Å². The molecule has 2 aromatic rings. The van der Waals surface area contributed by atoms with E-state index >= 15 is 0 Å². The fourth-order valence-corrected chi connectivity index (χ4v) is 3.86. The Bertz CT molecular complexity index is 984. The maximum Gasteiger partial charge on any atom is 0.307 e. The second-order valence-corrected chi connectivity index (χ2v) is 8.21. The third-order valence-electron chi connectivity index (χ3n) is 5.34. The Morgan fingerprint density at radius 3 is 2.64 bits per heavy atom. The number of hydrogen-bond donors (Lipinski definition) is 0. The highest BCUT2D eigenvalue weighted by Crippen LogP contribution is 2.24. The summed E-state index contributed by atoms with van der Waals surface area (Å²) in [5.74, 6) is 0.240. The van der Waals surface area contributed by atoms with E-state index in [4.69, 9.17) is 16.3 Å². The van der Waals surface area contributed by atoms with E-state index in [-0.39, 0.29) is 36.2 Å². The normalized spacial score (nSPS) is 14.3. The maximum atomic E-state index is 12.2. The van der Waals surface area contributed by atoms with Crippen molar-refractivity contribution in [3.63, 3.8) is 0 Å². The fourth-order valence-electron chi connectivity index (χ4n) is 3.75. The molecule has 0 atom stereocenters. The van der Waals surface area contributed by atoms with Crippen molar-refractivity contribution in [1.29, 1.82) is 0 Å². The lowest BCUT2D eigenvalue weighted by atomic mass is 10.2. The molecule has 1 aromatic heterocycles. The van der Waals surface area contributed by atoms with Gasteiger partial charge in [0, 0.05) is 32.9 Å². The smallest absolute Gasteiger partial charge is 0.307 e. The standard InChI is InChI=1S/C23H28ClN5O4/c1-3-28(14-19-9-10-21(24)25-13-19)23-20(29(31)32)15-27(17-26(23)2)12-11-22(30)33-16-18-7-5-4-6-8-18/h4-10,13H,3,11-12,14-17H2,1-2H3. The van der Waals surface area contributed by atoms with Crippen molar-refractivity contribution < 1.29 is 14.5 Å². The van der Waals surface area contributed by atoms with Crippen LogP contribution in [0.2, 0.25) is 5.15 Å². The average molecular weight is 474 g/mol. The van der Waals surface area contributed by atoms with Crippen LogP contribution >= 0.6 is 11.6 Å². The lowest BCUT2D eigenvalue weighted by Crippen LogP contribution is -2.48. The minimum atomic E-state index is -0.339. The Labute approximate surface area is 198 Å². The predicted octanol–water partition coefficient (Wildman–Crippen LogP) is 3.34. The Hall–Kier alpha value is -3.17. The molecule has 1 aliphatic rings. The molecule has 0 bridgehead atoms. The quantitative estimate of drug-likeness (QED) is 0.224. The number of halogens is 1. The fraction of sp³-hybridized carbons (Fsp3) is 0.391. The zero-order valence-corrected chi connectivity index (χ0v) is 19.6. The summed E-state index contributed by atoms with van der Waals surface area (Å²) in [7, 11) is 1.82. The van der Waals surface area contributed by atoms with Crippen molar-refractivity contribution in [2.24, 2.45) is 0 Å². The second kappa shape index (κ2) is 11.6. The Balaban J connectivity index is 1.63. The lowest BCUT2D eigenvalue weighted by Gasteiger charge is -2.39. The van der Waals surface area contributed by atoms with Gasteiger partial charge in [0.25, 0.3) is 5.70 Å². The molecule has 0 saturated heterocycles. The van der Waals surface area contributed by atoms with Gasteiger partial charge in [-0.05, 0) is 24.1 Å². The van der Waals surface area contributed by atoms with Crippen LogP contribution in [-0.4, -0.2) is 63.9 Å².